The van der Waals surface area contributed by atoms with Crippen molar-refractivity contribution in [3.63, 3.8) is 0 Å². The normalized spacial score (nSPS) is 16.4. The topological polar surface area (TPSA) is 206 Å². The van der Waals surface area contributed by atoms with Gasteiger partial charge in [-0.25, -0.2) is 9.97 Å². The molecule has 216 valence electrons. The van der Waals surface area contributed by atoms with Crippen LogP contribution in [0.4, 0.5) is 11.8 Å². The van der Waals surface area contributed by atoms with Crippen LogP contribution in [0.1, 0.15) is 29.1 Å². The van der Waals surface area contributed by atoms with Crippen LogP contribution in [0.15, 0.2) is 30.6 Å². The zero-order valence-electron chi connectivity index (χ0n) is 22.2. The fourth-order valence-corrected chi connectivity index (χ4v) is 5.50. The molecule has 3 aromatic heterocycles. The summed E-state index contributed by atoms with van der Waals surface area (Å²) in [6.45, 7) is 9.24. The molecule has 2 aliphatic rings. The molecule has 1 saturated heterocycles. The molecular formula is C23H35N7O7S2. The lowest BCUT2D eigenvalue weighted by molar-refractivity contribution is 0.0263. The summed E-state index contributed by atoms with van der Waals surface area (Å²) in [6, 6.07) is 5.72. The molecule has 16 heteroatoms. The highest BCUT2D eigenvalue weighted by Gasteiger charge is 2.44. The van der Waals surface area contributed by atoms with Gasteiger partial charge in [0.2, 0.25) is 5.95 Å². The second-order valence-corrected chi connectivity index (χ2v) is 11.8. The number of aryl methyl sites for hydroxylation is 1. The Bertz CT molecular complexity index is 1360. The van der Waals surface area contributed by atoms with Crippen molar-refractivity contribution in [2.45, 2.75) is 19.4 Å². The molecule has 5 rings (SSSR count). The van der Waals surface area contributed by atoms with E-state index in [4.69, 9.17) is 9.29 Å². The average Bonchev–Trinajstić information content (AvgIpc) is 3.50. The number of fused-ring (bicyclic) bond motifs is 1. The monoisotopic (exact) mass is 585 g/mol. The van der Waals surface area contributed by atoms with Gasteiger partial charge in [0.15, 0.2) is 0 Å². The Morgan fingerprint density at radius 1 is 1.15 bits per heavy atom. The highest BCUT2D eigenvalue weighted by atomic mass is 32.2. The number of nitrogens with zero attached hydrogens (tertiary/aromatic N) is 6. The minimum atomic E-state index is -3.67. The highest BCUT2D eigenvalue weighted by Crippen LogP contribution is 2.45. The first-order chi connectivity index (χ1) is 17.4. The zero-order valence-corrected chi connectivity index (χ0v) is 23.8. The molecule has 39 heavy (non-hydrogen) atoms. The van der Waals surface area contributed by atoms with Crippen molar-refractivity contribution < 1.29 is 33.5 Å². The van der Waals surface area contributed by atoms with Gasteiger partial charge in [-0.1, -0.05) is 0 Å². The summed E-state index contributed by atoms with van der Waals surface area (Å²) in [5, 5.41) is 7.34. The number of thiophene rings is 1. The predicted molar refractivity (Wildman–Crippen MR) is 148 cm³/mol. The Labute approximate surface area is 231 Å². The van der Waals surface area contributed by atoms with Gasteiger partial charge in [-0.2, -0.15) is 13.5 Å². The maximum Gasteiger partial charge on any atom is 0.261 e. The Balaban J connectivity index is 0.000000701. The quantitative estimate of drug-likeness (QED) is 0.384. The largest absolute Gasteiger partial charge is 0.412 e. The Kier molecular flexibility index (Phi) is 10.7. The van der Waals surface area contributed by atoms with Crippen LogP contribution in [-0.4, -0.2) is 105 Å². The van der Waals surface area contributed by atoms with Crippen molar-refractivity contribution in [2.75, 3.05) is 51.0 Å². The van der Waals surface area contributed by atoms with Crippen molar-refractivity contribution in [3.05, 3.63) is 41.0 Å². The van der Waals surface area contributed by atoms with Crippen LogP contribution >= 0.6 is 11.3 Å². The third-order valence-electron chi connectivity index (χ3n) is 6.15. The van der Waals surface area contributed by atoms with E-state index in [2.05, 4.69) is 39.1 Å². The molecule has 0 atom stereocenters. The average molecular weight is 586 g/mol. The van der Waals surface area contributed by atoms with E-state index in [0.717, 1.165) is 66.2 Å². The molecule has 0 bridgehead atoms. The molecule has 1 amide bonds. The van der Waals surface area contributed by atoms with Gasteiger partial charge in [0.25, 0.3) is 16.0 Å². The first kappa shape index (κ1) is 32.2. The predicted octanol–water partition coefficient (Wildman–Crippen LogP) is 0.560. The van der Waals surface area contributed by atoms with Gasteiger partial charge in [-0.15, -0.1) is 11.3 Å². The maximum atomic E-state index is 13.3. The number of hydrogen-bond acceptors (Lipinski definition) is 10. The minimum absolute atomic E-state index is 0. The summed E-state index contributed by atoms with van der Waals surface area (Å²) in [5.41, 5.74) is 1.24. The molecule has 14 nitrogen and oxygen atoms in total. The minimum Gasteiger partial charge on any atom is -0.412 e. The second kappa shape index (κ2) is 12.9. The molecule has 0 saturated carbocycles. The maximum absolute atomic E-state index is 13.3. The van der Waals surface area contributed by atoms with E-state index in [1.165, 1.54) is 0 Å². The van der Waals surface area contributed by atoms with E-state index in [-0.39, 0.29) is 22.4 Å². The van der Waals surface area contributed by atoms with E-state index in [1.54, 1.807) is 28.4 Å². The number of aromatic nitrogens is 4. The van der Waals surface area contributed by atoms with Gasteiger partial charge in [-0.3, -0.25) is 18.9 Å². The van der Waals surface area contributed by atoms with Gasteiger partial charge in [-0.05, 0) is 26.0 Å². The standard InChI is InChI=1S/C22H27N7O2S.CH4O3S.2H2O/c1-22(2)19-15(20(30)29(22)9-8-28-10-12-31-13-11-28)14-17(32-19)16-4-6-23-21(25-16)26-18-5-7-24-27(18)3;1-5(2,3)4;;/h4-7,14H,8-13H2,1-3H3,(H,23,25,26);1H3,(H,2,3,4);2*1H2. The SMILES string of the molecule is CS(=O)(=O)O.Cn1nccc1Nc1nccc(-c2cc3c(s2)C(C)(C)N(CCN2CCOCC2)C3=O)n1.O.O. The molecule has 1 fully saturated rings. The molecule has 0 aromatic carbocycles. The van der Waals surface area contributed by atoms with Gasteiger partial charge in [0.05, 0.1) is 47.3 Å². The number of nitrogens with one attached hydrogen (secondary N) is 1. The van der Waals surface area contributed by atoms with E-state index < -0.39 is 10.1 Å². The lowest BCUT2D eigenvalue weighted by atomic mass is 10.0. The van der Waals surface area contributed by atoms with E-state index >= 15 is 0 Å². The molecule has 6 N–H and O–H groups in total. The van der Waals surface area contributed by atoms with Crippen molar-refractivity contribution >= 4 is 39.1 Å². The van der Waals surface area contributed by atoms with Crippen LogP contribution in [0.2, 0.25) is 0 Å². The molecule has 0 radical (unpaired) electrons. The Morgan fingerprint density at radius 2 is 1.82 bits per heavy atom. The number of carbonyl (C=O) groups is 1. The first-order valence-corrected chi connectivity index (χ1v) is 14.4. The fraction of sp³-hybridized carbons (Fsp3) is 0.478. The van der Waals surface area contributed by atoms with E-state index in [1.807, 2.05) is 30.1 Å². The number of rotatable bonds is 6. The van der Waals surface area contributed by atoms with Crippen molar-refractivity contribution in [2.24, 2.45) is 7.05 Å². The summed E-state index contributed by atoms with van der Waals surface area (Å²) >= 11 is 1.64. The zero-order chi connectivity index (χ0) is 26.8. The molecule has 2 aliphatic heterocycles. The number of anilines is 2. The first-order valence-electron chi connectivity index (χ1n) is 11.7. The molecule has 0 spiro atoms. The lowest BCUT2D eigenvalue weighted by Crippen LogP contribution is -2.46. The van der Waals surface area contributed by atoms with Crippen LogP contribution < -0.4 is 5.32 Å². The highest BCUT2D eigenvalue weighted by molar-refractivity contribution is 7.85. The van der Waals surface area contributed by atoms with Crippen LogP contribution in [0, 0.1) is 0 Å². The van der Waals surface area contributed by atoms with Gasteiger partial charge < -0.3 is 25.9 Å². The van der Waals surface area contributed by atoms with Gasteiger partial charge in [0.1, 0.15) is 5.82 Å². The van der Waals surface area contributed by atoms with E-state index in [9.17, 15) is 13.2 Å². The molecular weight excluding hydrogens is 550 g/mol. The van der Waals surface area contributed by atoms with Crippen molar-refractivity contribution in [1.82, 2.24) is 29.5 Å². The molecule has 5 heterocycles. The van der Waals surface area contributed by atoms with Crippen LogP contribution in [0.3, 0.4) is 0 Å². The second-order valence-electron chi connectivity index (χ2n) is 9.29. The third-order valence-corrected chi connectivity index (χ3v) is 7.62. The summed E-state index contributed by atoms with van der Waals surface area (Å²) in [6.07, 6.45) is 4.16. The third kappa shape index (κ3) is 7.78. The summed E-state index contributed by atoms with van der Waals surface area (Å²) in [5.74, 6) is 1.41. The Hall–Kier alpha value is -2.99. The number of hydrogen-bond donors (Lipinski definition) is 2. The van der Waals surface area contributed by atoms with Gasteiger partial charge >= 0.3 is 0 Å². The van der Waals surface area contributed by atoms with Gasteiger partial charge in [0, 0.05) is 50.4 Å². The fourth-order valence-electron chi connectivity index (χ4n) is 4.27. The smallest absolute Gasteiger partial charge is 0.261 e. The number of morpholine rings is 1. The number of ether oxygens (including phenoxy) is 1. The summed E-state index contributed by atoms with van der Waals surface area (Å²) in [7, 11) is -1.81. The molecule has 0 aliphatic carbocycles. The van der Waals surface area contributed by atoms with Crippen LogP contribution in [0.5, 0.6) is 0 Å². The number of carbonyl (C=O) groups excluding carboxylic acids is 1. The Morgan fingerprint density at radius 3 is 2.41 bits per heavy atom. The van der Waals surface area contributed by atoms with E-state index in [0.29, 0.717) is 12.2 Å². The summed E-state index contributed by atoms with van der Waals surface area (Å²) in [4.78, 5) is 28.7. The van der Waals surface area contributed by atoms with Crippen LogP contribution in [0.25, 0.3) is 10.6 Å². The lowest BCUT2D eigenvalue weighted by Gasteiger charge is -2.35. The molecule has 0 unspecified atom stereocenters. The van der Waals surface area contributed by atoms with Crippen LogP contribution in [-0.2, 0) is 27.4 Å². The van der Waals surface area contributed by atoms with Crippen molar-refractivity contribution in [1.29, 1.82) is 0 Å². The van der Waals surface area contributed by atoms with Crippen molar-refractivity contribution in [3.8, 4) is 10.6 Å². The number of amides is 1. The summed E-state index contributed by atoms with van der Waals surface area (Å²) < 4.78 is 33.0. The molecule has 3 aromatic rings.